The van der Waals surface area contributed by atoms with Crippen LogP contribution in [-0.4, -0.2) is 12.1 Å². The van der Waals surface area contributed by atoms with Crippen molar-refractivity contribution in [2.75, 3.05) is 0 Å². The smallest absolute Gasteiger partial charge is 0.306 e. The van der Waals surface area contributed by atoms with Crippen LogP contribution in [0.1, 0.15) is 125 Å². The fourth-order valence-corrected chi connectivity index (χ4v) is 9.20. The Balaban J connectivity index is 1.43. The van der Waals surface area contributed by atoms with Gasteiger partial charge in [0.2, 0.25) is 0 Å². The van der Waals surface area contributed by atoms with E-state index < -0.39 is 0 Å². The monoisotopic (exact) mass is 456 g/mol. The van der Waals surface area contributed by atoms with Gasteiger partial charge in [0.05, 0.1) is 0 Å². The average molecular weight is 457 g/mol. The Kier molecular flexibility index (Phi) is 7.72. The zero-order valence-corrected chi connectivity index (χ0v) is 22.6. The Labute approximate surface area is 204 Å². The Hall–Kier alpha value is -0.790. The van der Waals surface area contributed by atoms with E-state index in [0.29, 0.717) is 17.3 Å². The molecule has 0 spiro atoms. The quantitative estimate of drug-likeness (QED) is 0.269. The number of ether oxygens (including phenoxy) is 1. The highest BCUT2D eigenvalue weighted by atomic mass is 16.5. The Bertz CT molecular complexity index is 722. The molecule has 0 unspecified atom stereocenters. The van der Waals surface area contributed by atoms with Gasteiger partial charge in [-0.25, -0.2) is 0 Å². The molecule has 0 saturated heterocycles. The minimum atomic E-state index is 0.00772. The minimum absolute atomic E-state index is 0.00772. The second kappa shape index (κ2) is 10.1. The van der Waals surface area contributed by atoms with Crippen LogP contribution in [0.2, 0.25) is 0 Å². The molecular formula is C31H52O2. The maximum atomic E-state index is 12.1. The number of allylic oxidation sites excluding steroid dienone is 1. The molecule has 3 saturated carbocycles. The molecule has 0 heterocycles. The molecule has 0 aromatic heterocycles. The van der Waals surface area contributed by atoms with E-state index in [1.54, 1.807) is 5.57 Å². The molecule has 2 nitrogen and oxygen atoms in total. The third-order valence-electron chi connectivity index (χ3n) is 11.0. The summed E-state index contributed by atoms with van der Waals surface area (Å²) < 4.78 is 5.85. The van der Waals surface area contributed by atoms with Gasteiger partial charge in [-0.1, -0.05) is 72.5 Å². The van der Waals surface area contributed by atoms with Gasteiger partial charge in [-0.15, -0.1) is 0 Å². The van der Waals surface area contributed by atoms with Crippen molar-refractivity contribution in [1.29, 1.82) is 0 Å². The van der Waals surface area contributed by atoms with Gasteiger partial charge < -0.3 is 4.74 Å². The molecule has 3 fully saturated rings. The van der Waals surface area contributed by atoms with E-state index in [0.717, 1.165) is 54.8 Å². The Morgan fingerprint density at radius 1 is 1.06 bits per heavy atom. The predicted octanol–water partition coefficient (Wildman–Crippen LogP) is 8.74. The number of hydrogen-bond acceptors (Lipinski definition) is 2. The van der Waals surface area contributed by atoms with Crippen LogP contribution in [0, 0.1) is 46.3 Å². The summed E-state index contributed by atoms with van der Waals surface area (Å²) in [7, 11) is 0. The van der Waals surface area contributed by atoms with E-state index in [1.807, 2.05) is 0 Å². The summed E-state index contributed by atoms with van der Waals surface area (Å²) in [5, 5.41) is 0. The average Bonchev–Trinajstić information content (AvgIpc) is 3.11. The fourth-order valence-electron chi connectivity index (χ4n) is 9.20. The van der Waals surface area contributed by atoms with Gasteiger partial charge in [0.15, 0.2) is 0 Å². The summed E-state index contributed by atoms with van der Waals surface area (Å²) in [6.07, 6.45) is 18.8. The van der Waals surface area contributed by atoms with E-state index >= 15 is 0 Å². The number of carbonyl (C=O) groups excluding carboxylic acids is 1. The molecule has 4 aliphatic rings. The highest BCUT2D eigenvalue weighted by molar-refractivity contribution is 5.69. The SMILES string of the molecule is CCCC(=O)O[C@@H]1CC[C@@]2(C)C(=CC[C@H]3[C@H]4CC[C@H]([C@@H](C)CCCC(C)C)[C@@]4(C)CC[C@@H]32)C1. The summed E-state index contributed by atoms with van der Waals surface area (Å²) in [4.78, 5) is 12.1. The normalized spacial score (nSPS) is 41.1. The lowest BCUT2D eigenvalue weighted by molar-refractivity contribution is -0.151. The summed E-state index contributed by atoms with van der Waals surface area (Å²) in [5.41, 5.74) is 2.54. The van der Waals surface area contributed by atoms with Gasteiger partial charge in [-0.2, -0.15) is 0 Å². The molecule has 8 atom stereocenters. The molecule has 4 rings (SSSR count). The van der Waals surface area contributed by atoms with Crippen LogP contribution in [0.15, 0.2) is 11.6 Å². The second-order valence-electron chi connectivity index (χ2n) is 13.4. The van der Waals surface area contributed by atoms with Crippen LogP contribution < -0.4 is 0 Å². The van der Waals surface area contributed by atoms with Crippen LogP contribution in [0.5, 0.6) is 0 Å². The standard InChI is InChI=1S/C31H52O2/c1-7-9-29(32)33-24-16-18-30(5)23(20-24)12-13-25-27-15-14-26(22(4)11-8-10-21(2)3)31(27,6)19-17-28(25)30/h12,21-22,24-28H,7-11,13-20H2,1-6H3/t22-,24+,25-,26+,27+,28-,30-,31+/m0/s1. The first kappa shape index (κ1) is 25.3. The van der Waals surface area contributed by atoms with E-state index in [4.69, 9.17) is 4.74 Å². The first-order valence-electron chi connectivity index (χ1n) is 14.6. The van der Waals surface area contributed by atoms with Gasteiger partial charge >= 0.3 is 5.97 Å². The van der Waals surface area contributed by atoms with Crippen LogP contribution >= 0.6 is 0 Å². The third-order valence-corrected chi connectivity index (χ3v) is 11.0. The van der Waals surface area contributed by atoms with Crippen molar-refractivity contribution in [2.24, 2.45) is 46.3 Å². The lowest BCUT2D eigenvalue weighted by Gasteiger charge is -2.58. The molecule has 0 amide bonds. The predicted molar refractivity (Wildman–Crippen MR) is 138 cm³/mol. The van der Waals surface area contributed by atoms with Crippen LogP contribution in [0.25, 0.3) is 0 Å². The molecule has 0 radical (unpaired) electrons. The van der Waals surface area contributed by atoms with Crippen molar-refractivity contribution in [3.8, 4) is 0 Å². The van der Waals surface area contributed by atoms with Gasteiger partial charge in [0, 0.05) is 12.8 Å². The minimum Gasteiger partial charge on any atom is -0.462 e. The highest BCUT2D eigenvalue weighted by Crippen LogP contribution is 2.67. The highest BCUT2D eigenvalue weighted by Gasteiger charge is 2.59. The zero-order valence-electron chi connectivity index (χ0n) is 22.6. The molecular weight excluding hydrogens is 404 g/mol. The van der Waals surface area contributed by atoms with Crippen molar-refractivity contribution < 1.29 is 9.53 Å². The van der Waals surface area contributed by atoms with Crippen LogP contribution in [-0.2, 0) is 9.53 Å². The van der Waals surface area contributed by atoms with Gasteiger partial charge in [-0.05, 0) is 97.7 Å². The summed E-state index contributed by atoms with van der Waals surface area (Å²) in [5.74, 6) is 5.31. The summed E-state index contributed by atoms with van der Waals surface area (Å²) in [6, 6.07) is 0. The van der Waals surface area contributed by atoms with Crippen molar-refractivity contribution in [3.05, 3.63) is 11.6 Å². The molecule has 0 aliphatic heterocycles. The van der Waals surface area contributed by atoms with Gasteiger partial charge in [0.25, 0.3) is 0 Å². The topological polar surface area (TPSA) is 26.3 Å². The number of esters is 1. The van der Waals surface area contributed by atoms with Gasteiger partial charge in [-0.3, -0.25) is 4.79 Å². The molecule has 0 aromatic carbocycles. The van der Waals surface area contributed by atoms with E-state index in [-0.39, 0.29) is 12.1 Å². The molecule has 0 N–H and O–H groups in total. The third kappa shape index (κ3) is 4.84. The van der Waals surface area contributed by atoms with Crippen LogP contribution in [0.3, 0.4) is 0 Å². The molecule has 0 aromatic rings. The fraction of sp³-hybridized carbons (Fsp3) is 0.903. The van der Waals surface area contributed by atoms with Crippen molar-refractivity contribution in [3.63, 3.8) is 0 Å². The number of carbonyl (C=O) groups is 1. The Morgan fingerprint density at radius 2 is 1.85 bits per heavy atom. The first-order valence-corrected chi connectivity index (χ1v) is 14.6. The van der Waals surface area contributed by atoms with Crippen molar-refractivity contribution in [2.45, 2.75) is 131 Å². The largest absolute Gasteiger partial charge is 0.462 e. The summed E-state index contributed by atoms with van der Waals surface area (Å²) >= 11 is 0. The Morgan fingerprint density at radius 3 is 2.58 bits per heavy atom. The maximum Gasteiger partial charge on any atom is 0.306 e. The molecule has 4 aliphatic carbocycles. The summed E-state index contributed by atoms with van der Waals surface area (Å²) in [6.45, 7) is 14.6. The lowest BCUT2D eigenvalue weighted by Crippen LogP contribution is -2.51. The van der Waals surface area contributed by atoms with Crippen molar-refractivity contribution in [1.82, 2.24) is 0 Å². The first-order chi connectivity index (χ1) is 15.7. The molecule has 188 valence electrons. The van der Waals surface area contributed by atoms with Gasteiger partial charge in [0.1, 0.15) is 6.10 Å². The van der Waals surface area contributed by atoms with E-state index in [1.165, 1.54) is 57.8 Å². The number of fused-ring (bicyclic) bond motifs is 5. The zero-order chi connectivity index (χ0) is 23.8. The maximum absolute atomic E-state index is 12.1. The molecule has 0 bridgehead atoms. The second-order valence-corrected chi connectivity index (χ2v) is 13.4. The van der Waals surface area contributed by atoms with Crippen LogP contribution in [0.4, 0.5) is 0 Å². The molecule has 2 heteroatoms. The van der Waals surface area contributed by atoms with E-state index in [2.05, 4.69) is 47.6 Å². The van der Waals surface area contributed by atoms with Crippen molar-refractivity contribution >= 4 is 5.97 Å². The molecule has 33 heavy (non-hydrogen) atoms. The lowest BCUT2D eigenvalue weighted by atomic mass is 9.47. The number of rotatable bonds is 8. The number of hydrogen-bond donors (Lipinski definition) is 0. The van der Waals surface area contributed by atoms with E-state index in [9.17, 15) is 4.79 Å².